The molecule has 29 heavy (non-hydrogen) atoms. The van der Waals surface area contributed by atoms with Gasteiger partial charge in [0.15, 0.2) is 0 Å². The van der Waals surface area contributed by atoms with E-state index in [4.69, 9.17) is 28.9 Å². The van der Waals surface area contributed by atoms with E-state index in [1.807, 2.05) is 0 Å². The van der Waals surface area contributed by atoms with E-state index in [1.165, 1.54) is 28.6 Å². The van der Waals surface area contributed by atoms with Crippen LogP contribution in [-0.2, 0) is 11.3 Å². The third kappa shape index (κ3) is 4.34. The lowest BCUT2D eigenvalue weighted by molar-refractivity contribution is 0.256. The number of hydrogen-bond donors (Lipinski definition) is 3. The Morgan fingerprint density at radius 3 is 2.45 bits per heavy atom. The number of carbonyl (C=O) groups excluding carboxylic acids is 1. The minimum absolute atomic E-state index is 0.0116. The number of urea groups is 1. The van der Waals surface area contributed by atoms with Crippen molar-refractivity contribution >= 4 is 51.9 Å². The number of hydrogen-bond acceptors (Lipinski definition) is 3. The molecule has 0 saturated carbocycles. The van der Waals surface area contributed by atoms with Crippen LogP contribution in [0.1, 0.15) is 24.3 Å². The van der Waals surface area contributed by atoms with E-state index in [2.05, 4.69) is 0 Å². The van der Waals surface area contributed by atoms with Crippen molar-refractivity contribution in [3.8, 4) is 5.75 Å². The van der Waals surface area contributed by atoms with Crippen LogP contribution in [0.5, 0.6) is 5.75 Å². The first-order valence-electron chi connectivity index (χ1n) is 8.63. The predicted molar refractivity (Wildman–Crippen MR) is 111 cm³/mol. The molecular weight excluding hydrogens is 444 g/mol. The minimum atomic E-state index is -2.06. The Morgan fingerprint density at radius 2 is 1.86 bits per heavy atom. The molecule has 0 spiro atoms. The average molecular weight is 462 g/mol. The molecule has 156 valence electrons. The molecule has 0 aliphatic carbocycles. The Kier molecular flexibility index (Phi) is 6.65. The summed E-state index contributed by atoms with van der Waals surface area (Å²) in [5.74, 6) is -1.23. The van der Waals surface area contributed by atoms with Gasteiger partial charge in [-0.2, -0.15) is 0 Å². The fourth-order valence-electron chi connectivity index (χ4n) is 3.47. The second kappa shape index (κ2) is 8.85. The zero-order chi connectivity index (χ0) is 21.3. The van der Waals surface area contributed by atoms with Crippen LogP contribution in [0.25, 0.3) is 0 Å². The fraction of sp³-hybridized carbons (Fsp3) is 0.278. The summed E-state index contributed by atoms with van der Waals surface area (Å²) in [4.78, 5) is 13.1. The van der Waals surface area contributed by atoms with Crippen molar-refractivity contribution in [2.45, 2.75) is 18.8 Å². The normalized spacial score (nSPS) is 16.6. The number of piperidine rings is 1. The fourth-order valence-corrected chi connectivity index (χ4v) is 4.51. The number of anilines is 2. The van der Waals surface area contributed by atoms with E-state index in [9.17, 15) is 23.1 Å². The molecule has 1 saturated heterocycles. The van der Waals surface area contributed by atoms with E-state index in [1.54, 1.807) is 0 Å². The SMILES string of the molecule is NC(=O)N(c1ccc(Cl)c(C2CCN(S(=O)O)CC2)c1O)c1cccc(F)c1Cl. The monoisotopic (exact) mass is 461 g/mol. The van der Waals surface area contributed by atoms with Crippen LogP contribution in [0.15, 0.2) is 30.3 Å². The maximum absolute atomic E-state index is 13.9. The molecule has 1 fully saturated rings. The van der Waals surface area contributed by atoms with Gasteiger partial charge in [-0.1, -0.05) is 29.3 Å². The van der Waals surface area contributed by atoms with Gasteiger partial charge >= 0.3 is 6.03 Å². The van der Waals surface area contributed by atoms with Gasteiger partial charge in [0.1, 0.15) is 16.6 Å². The summed E-state index contributed by atoms with van der Waals surface area (Å²) in [6.45, 7) is 0.673. The molecule has 1 aliphatic heterocycles. The van der Waals surface area contributed by atoms with Crippen LogP contribution in [-0.4, -0.2) is 37.3 Å². The smallest absolute Gasteiger partial charge is 0.324 e. The maximum Gasteiger partial charge on any atom is 0.324 e. The van der Waals surface area contributed by atoms with Gasteiger partial charge in [-0.25, -0.2) is 17.7 Å². The third-order valence-corrected chi connectivity index (χ3v) is 6.37. The lowest BCUT2D eigenvalue weighted by atomic mass is 9.89. The van der Waals surface area contributed by atoms with E-state index in [0.717, 1.165) is 11.0 Å². The molecule has 4 N–H and O–H groups in total. The average Bonchev–Trinajstić information content (AvgIpc) is 2.67. The molecule has 7 nitrogen and oxygen atoms in total. The number of amides is 2. The molecule has 1 aliphatic rings. The zero-order valence-electron chi connectivity index (χ0n) is 15.0. The number of primary amides is 1. The quantitative estimate of drug-likeness (QED) is 0.587. The van der Waals surface area contributed by atoms with Gasteiger partial charge in [-0.3, -0.25) is 9.45 Å². The number of nitrogens with zero attached hydrogens (tertiary/aromatic N) is 2. The number of halogens is 3. The van der Waals surface area contributed by atoms with Crippen LogP contribution >= 0.6 is 23.2 Å². The van der Waals surface area contributed by atoms with Crippen molar-refractivity contribution < 1.29 is 23.1 Å². The lowest BCUT2D eigenvalue weighted by Crippen LogP contribution is -2.34. The molecule has 1 atom stereocenters. The van der Waals surface area contributed by atoms with Crippen molar-refractivity contribution in [2.24, 2.45) is 5.73 Å². The molecule has 0 bridgehead atoms. The first-order chi connectivity index (χ1) is 13.7. The summed E-state index contributed by atoms with van der Waals surface area (Å²) >= 11 is 10.3. The van der Waals surface area contributed by atoms with Gasteiger partial charge < -0.3 is 10.8 Å². The summed E-state index contributed by atoms with van der Waals surface area (Å²) in [5.41, 5.74) is 5.89. The predicted octanol–water partition coefficient (Wildman–Crippen LogP) is 4.37. The van der Waals surface area contributed by atoms with Gasteiger partial charge in [0.25, 0.3) is 0 Å². The highest BCUT2D eigenvalue weighted by atomic mass is 35.5. The molecule has 1 unspecified atom stereocenters. The second-order valence-corrected chi connectivity index (χ2v) is 8.27. The van der Waals surface area contributed by atoms with Crippen LogP contribution < -0.4 is 10.6 Å². The van der Waals surface area contributed by atoms with E-state index >= 15 is 0 Å². The van der Waals surface area contributed by atoms with Gasteiger partial charge in [0.05, 0.1) is 11.4 Å². The van der Waals surface area contributed by atoms with Crippen molar-refractivity contribution in [1.29, 1.82) is 0 Å². The van der Waals surface area contributed by atoms with Crippen molar-refractivity contribution in [1.82, 2.24) is 4.31 Å². The molecule has 2 aromatic rings. The second-order valence-electron chi connectivity index (χ2n) is 6.51. The van der Waals surface area contributed by atoms with Crippen LogP contribution in [0.3, 0.4) is 0 Å². The number of benzene rings is 2. The van der Waals surface area contributed by atoms with E-state index in [-0.39, 0.29) is 33.1 Å². The Morgan fingerprint density at radius 1 is 1.21 bits per heavy atom. The van der Waals surface area contributed by atoms with Crippen LogP contribution in [0.2, 0.25) is 10.0 Å². The first kappa shape index (κ1) is 21.8. The van der Waals surface area contributed by atoms with E-state index < -0.39 is 23.1 Å². The number of aromatic hydroxyl groups is 1. The molecule has 2 aromatic carbocycles. The molecule has 2 amide bonds. The summed E-state index contributed by atoms with van der Waals surface area (Å²) in [5, 5.41) is 10.9. The molecule has 0 radical (unpaired) electrons. The molecule has 3 rings (SSSR count). The van der Waals surface area contributed by atoms with Gasteiger partial charge in [-0.05, 0) is 43.0 Å². The summed E-state index contributed by atoms with van der Waals surface area (Å²) in [7, 11) is 0. The number of nitrogens with two attached hydrogens (primary N) is 1. The van der Waals surface area contributed by atoms with Crippen LogP contribution in [0, 0.1) is 5.82 Å². The van der Waals surface area contributed by atoms with Crippen molar-refractivity contribution in [2.75, 3.05) is 18.0 Å². The zero-order valence-corrected chi connectivity index (χ0v) is 17.3. The number of phenolic OH excluding ortho intramolecular Hbond substituents is 1. The highest BCUT2D eigenvalue weighted by Crippen LogP contribution is 2.46. The van der Waals surface area contributed by atoms with Gasteiger partial charge in [0.2, 0.25) is 11.3 Å². The van der Waals surface area contributed by atoms with Crippen molar-refractivity contribution in [3.63, 3.8) is 0 Å². The Bertz CT molecular complexity index is 970. The summed E-state index contributed by atoms with van der Waals surface area (Å²) in [6.07, 6.45) is 0.945. The maximum atomic E-state index is 13.9. The molecule has 0 aromatic heterocycles. The molecule has 11 heteroatoms. The number of phenols is 1. The van der Waals surface area contributed by atoms with Gasteiger partial charge in [-0.15, -0.1) is 0 Å². The molecule has 1 heterocycles. The Hall–Kier alpha value is -1.91. The van der Waals surface area contributed by atoms with Crippen LogP contribution in [0.4, 0.5) is 20.6 Å². The lowest BCUT2D eigenvalue weighted by Gasteiger charge is -2.31. The summed E-state index contributed by atoms with van der Waals surface area (Å²) in [6, 6.07) is 5.84. The van der Waals surface area contributed by atoms with E-state index in [0.29, 0.717) is 31.5 Å². The Balaban J connectivity index is 2.04. The standard InChI is InChI=1S/C18H18Cl2FN3O4S/c19-11-4-5-14(24(18(22)26)13-3-1-2-12(21)16(13)20)17(25)15(11)10-6-8-23(9-7-10)29(27)28/h1-5,10,25H,6-9H2,(H2,22,26)(H,27,28). The topological polar surface area (TPSA) is 107 Å². The molecular formula is C18H18Cl2FN3O4S. The van der Waals surface area contributed by atoms with Crippen molar-refractivity contribution in [3.05, 3.63) is 51.8 Å². The highest BCUT2D eigenvalue weighted by Gasteiger charge is 2.30. The summed E-state index contributed by atoms with van der Waals surface area (Å²) < 4.78 is 35.8. The highest BCUT2D eigenvalue weighted by molar-refractivity contribution is 7.76. The van der Waals surface area contributed by atoms with Gasteiger partial charge in [0, 0.05) is 23.7 Å². The number of rotatable bonds is 4. The number of carbonyl (C=O) groups is 1. The first-order valence-corrected chi connectivity index (χ1v) is 10.4. The largest absolute Gasteiger partial charge is 0.505 e. The minimum Gasteiger partial charge on any atom is -0.505 e. The third-order valence-electron chi connectivity index (χ3n) is 4.86. The Labute approximate surface area is 179 Å².